The van der Waals surface area contributed by atoms with Crippen molar-refractivity contribution in [2.75, 3.05) is 11.9 Å². The summed E-state index contributed by atoms with van der Waals surface area (Å²) in [5, 5.41) is 16.7. The molecule has 3 aromatic rings. The van der Waals surface area contributed by atoms with Gasteiger partial charge in [-0.1, -0.05) is 6.07 Å². The lowest BCUT2D eigenvalue weighted by atomic mass is 10.1. The summed E-state index contributed by atoms with van der Waals surface area (Å²) in [7, 11) is 0. The number of thiophene rings is 1. The molecule has 0 bridgehead atoms. The summed E-state index contributed by atoms with van der Waals surface area (Å²) in [6.45, 7) is 1.66. The molecule has 3 heterocycles. The second-order valence-corrected chi connectivity index (χ2v) is 7.34. The van der Waals surface area contributed by atoms with E-state index < -0.39 is 4.92 Å². The molecule has 0 saturated carbocycles. The quantitative estimate of drug-likeness (QED) is 0.415. The Balaban J connectivity index is 1.59. The molecule has 132 valence electrons. The SMILES string of the molecule is O=[N+]([O-])c1ccc(NC(=S)N2CCn3cccc3C2c2cccs2)cc1. The summed E-state index contributed by atoms with van der Waals surface area (Å²) < 4.78 is 2.26. The number of hydrogen-bond acceptors (Lipinski definition) is 4. The van der Waals surface area contributed by atoms with Crippen LogP contribution in [-0.2, 0) is 6.54 Å². The third-order valence-corrected chi connectivity index (χ3v) is 5.70. The van der Waals surface area contributed by atoms with Crippen molar-refractivity contribution in [2.45, 2.75) is 12.6 Å². The molecule has 0 fully saturated rings. The predicted molar refractivity (Wildman–Crippen MR) is 107 cm³/mol. The maximum Gasteiger partial charge on any atom is 0.269 e. The van der Waals surface area contributed by atoms with Crippen molar-refractivity contribution in [1.29, 1.82) is 0 Å². The minimum absolute atomic E-state index is 0.0636. The first-order chi connectivity index (χ1) is 12.6. The molecule has 0 aliphatic carbocycles. The van der Waals surface area contributed by atoms with Gasteiger partial charge in [0.1, 0.15) is 6.04 Å². The fraction of sp³-hybridized carbons (Fsp3) is 0.167. The lowest BCUT2D eigenvalue weighted by Crippen LogP contribution is -2.44. The van der Waals surface area contributed by atoms with Gasteiger partial charge in [-0.05, 0) is 47.9 Å². The normalized spacial score (nSPS) is 16.2. The van der Waals surface area contributed by atoms with E-state index in [1.807, 2.05) is 6.07 Å². The molecule has 0 spiro atoms. The molecule has 1 atom stereocenters. The van der Waals surface area contributed by atoms with Crippen LogP contribution >= 0.6 is 23.6 Å². The van der Waals surface area contributed by atoms with Gasteiger partial charge in [0.25, 0.3) is 5.69 Å². The van der Waals surface area contributed by atoms with E-state index in [9.17, 15) is 10.1 Å². The van der Waals surface area contributed by atoms with Gasteiger partial charge in [0.15, 0.2) is 5.11 Å². The Labute approximate surface area is 159 Å². The standard InChI is InChI=1S/C18H16N4O2S2/c23-22(24)14-7-5-13(6-8-14)19-18(25)21-11-10-20-9-1-3-15(20)17(21)16-4-2-12-26-16/h1-9,12,17H,10-11H2,(H,19,25). The highest BCUT2D eigenvalue weighted by Crippen LogP contribution is 2.35. The first-order valence-electron chi connectivity index (χ1n) is 8.14. The molecule has 4 rings (SSSR count). The summed E-state index contributed by atoms with van der Waals surface area (Å²) in [5.74, 6) is 0. The Morgan fingerprint density at radius 1 is 1.19 bits per heavy atom. The van der Waals surface area contributed by atoms with Crippen molar-refractivity contribution in [3.63, 3.8) is 0 Å². The smallest absolute Gasteiger partial charge is 0.269 e. The lowest BCUT2D eigenvalue weighted by molar-refractivity contribution is -0.384. The molecule has 1 unspecified atom stereocenters. The number of thiocarbonyl (C=S) groups is 1. The van der Waals surface area contributed by atoms with Gasteiger partial charge in [-0.2, -0.15) is 0 Å². The van der Waals surface area contributed by atoms with Crippen LogP contribution in [0.5, 0.6) is 0 Å². The van der Waals surface area contributed by atoms with Crippen LogP contribution in [0.15, 0.2) is 60.1 Å². The molecular formula is C18H16N4O2S2. The Hall–Kier alpha value is -2.71. The first kappa shape index (κ1) is 16.7. The number of nitro benzene ring substituents is 1. The fourth-order valence-corrected chi connectivity index (χ4v) is 4.37. The maximum absolute atomic E-state index is 10.8. The topological polar surface area (TPSA) is 63.3 Å². The van der Waals surface area contributed by atoms with E-state index >= 15 is 0 Å². The van der Waals surface area contributed by atoms with Gasteiger partial charge in [0, 0.05) is 47.7 Å². The fourth-order valence-electron chi connectivity index (χ4n) is 3.21. The van der Waals surface area contributed by atoms with Crippen LogP contribution in [-0.4, -0.2) is 26.0 Å². The summed E-state index contributed by atoms with van der Waals surface area (Å²) >= 11 is 7.38. The van der Waals surface area contributed by atoms with E-state index in [0.717, 1.165) is 18.8 Å². The van der Waals surface area contributed by atoms with Gasteiger partial charge in [-0.15, -0.1) is 11.3 Å². The molecule has 0 radical (unpaired) electrons. The molecular weight excluding hydrogens is 368 g/mol. The zero-order valence-corrected chi connectivity index (χ0v) is 15.4. The van der Waals surface area contributed by atoms with Crippen LogP contribution < -0.4 is 5.32 Å². The zero-order chi connectivity index (χ0) is 18.1. The van der Waals surface area contributed by atoms with E-state index in [4.69, 9.17) is 12.2 Å². The van der Waals surface area contributed by atoms with Crippen LogP contribution in [0.3, 0.4) is 0 Å². The predicted octanol–water partition coefficient (Wildman–Crippen LogP) is 4.26. The number of nitrogens with zero attached hydrogens (tertiary/aromatic N) is 3. The average molecular weight is 384 g/mol. The number of benzene rings is 1. The van der Waals surface area contributed by atoms with Crippen molar-refractivity contribution in [2.24, 2.45) is 0 Å². The molecule has 1 aromatic carbocycles. The van der Waals surface area contributed by atoms with Crippen LogP contribution in [0.4, 0.5) is 11.4 Å². The van der Waals surface area contributed by atoms with Crippen LogP contribution in [0.1, 0.15) is 16.6 Å². The number of rotatable bonds is 3. The number of non-ortho nitro benzene ring substituents is 1. The molecule has 1 aliphatic heterocycles. The van der Waals surface area contributed by atoms with E-state index in [-0.39, 0.29) is 11.7 Å². The minimum atomic E-state index is -0.409. The van der Waals surface area contributed by atoms with E-state index in [1.54, 1.807) is 23.5 Å². The monoisotopic (exact) mass is 384 g/mol. The summed E-state index contributed by atoms with van der Waals surface area (Å²) in [6, 6.07) is 14.7. The second kappa shape index (κ2) is 6.89. The average Bonchev–Trinajstić information content (AvgIpc) is 3.32. The zero-order valence-electron chi connectivity index (χ0n) is 13.7. The van der Waals surface area contributed by atoms with Crippen LogP contribution in [0, 0.1) is 10.1 Å². The third-order valence-electron chi connectivity index (χ3n) is 4.44. The highest BCUT2D eigenvalue weighted by Gasteiger charge is 2.31. The highest BCUT2D eigenvalue weighted by atomic mass is 32.1. The van der Waals surface area contributed by atoms with Crippen molar-refractivity contribution in [1.82, 2.24) is 9.47 Å². The van der Waals surface area contributed by atoms with Crippen LogP contribution in [0.25, 0.3) is 0 Å². The highest BCUT2D eigenvalue weighted by molar-refractivity contribution is 7.80. The maximum atomic E-state index is 10.8. The van der Waals surface area contributed by atoms with Crippen molar-refractivity contribution in [3.8, 4) is 0 Å². The van der Waals surface area contributed by atoms with Crippen molar-refractivity contribution < 1.29 is 4.92 Å². The molecule has 0 saturated heterocycles. The van der Waals surface area contributed by atoms with E-state index in [2.05, 4.69) is 44.6 Å². The molecule has 0 amide bonds. The van der Waals surface area contributed by atoms with Gasteiger partial charge in [0.05, 0.1) is 4.92 Å². The van der Waals surface area contributed by atoms with Crippen LogP contribution in [0.2, 0.25) is 0 Å². The third kappa shape index (κ3) is 3.09. The Kier molecular flexibility index (Phi) is 4.44. The molecule has 2 aromatic heterocycles. The minimum Gasteiger partial charge on any atom is -0.347 e. The molecule has 1 N–H and O–H groups in total. The first-order valence-corrected chi connectivity index (χ1v) is 9.43. The Bertz CT molecular complexity index is 935. The largest absolute Gasteiger partial charge is 0.347 e. The number of anilines is 1. The molecule has 6 nitrogen and oxygen atoms in total. The number of fused-ring (bicyclic) bond motifs is 1. The van der Waals surface area contributed by atoms with Gasteiger partial charge >= 0.3 is 0 Å². The number of nitrogens with one attached hydrogen (secondary N) is 1. The molecule has 1 aliphatic rings. The Morgan fingerprint density at radius 2 is 2.00 bits per heavy atom. The lowest BCUT2D eigenvalue weighted by Gasteiger charge is -2.38. The van der Waals surface area contributed by atoms with Crippen molar-refractivity contribution in [3.05, 3.63) is 80.8 Å². The van der Waals surface area contributed by atoms with Gasteiger partial charge in [-0.3, -0.25) is 10.1 Å². The van der Waals surface area contributed by atoms with E-state index in [0.29, 0.717) is 5.11 Å². The second-order valence-electron chi connectivity index (χ2n) is 5.97. The van der Waals surface area contributed by atoms with Gasteiger partial charge in [0.2, 0.25) is 0 Å². The summed E-state index contributed by atoms with van der Waals surface area (Å²) in [6.07, 6.45) is 2.10. The molecule has 26 heavy (non-hydrogen) atoms. The molecule has 8 heteroatoms. The summed E-state index contributed by atoms with van der Waals surface area (Å²) in [4.78, 5) is 13.8. The van der Waals surface area contributed by atoms with Gasteiger partial charge < -0.3 is 14.8 Å². The number of nitro groups is 1. The van der Waals surface area contributed by atoms with Crippen molar-refractivity contribution >= 4 is 40.0 Å². The number of aromatic nitrogens is 1. The summed E-state index contributed by atoms with van der Waals surface area (Å²) in [5.41, 5.74) is 2.02. The van der Waals surface area contributed by atoms with E-state index in [1.165, 1.54) is 22.7 Å². The Morgan fingerprint density at radius 3 is 2.69 bits per heavy atom. The van der Waals surface area contributed by atoms with Gasteiger partial charge in [-0.25, -0.2) is 0 Å². The number of hydrogen-bond donors (Lipinski definition) is 1.